The first kappa shape index (κ1) is 17.5. The number of carbonyl (C=O) groups excluding carboxylic acids is 1. The number of nitrogens with zero attached hydrogens (tertiary/aromatic N) is 4. The zero-order valence-electron chi connectivity index (χ0n) is 14.6. The molecule has 0 aliphatic heterocycles. The van der Waals surface area contributed by atoms with Crippen LogP contribution in [0.5, 0.6) is 0 Å². The number of rotatable bonds is 5. The Hall–Kier alpha value is -2.37. The monoisotopic (exact) mass is 356 g/mol. The van der Waals surface area contributed by atoms with Gasteiger partial charge in [0.2, 0.25) is 0 Å². The number of imidazole rings is 1. The van der Waals surface area contributed by atoms with Crippen LogP contribution in [0.15, 0.2) is 48.8 Å². The quantitative estimate of drug-likeness (QED) is 0.704. The number of halogens is 1. The molecule has 0 N–H and O–H groups in total. The Morgan fingerprint density at radius 1 is 1.08 bits per heavy atom. The van der Waals surface area contributed by atoms with Gasteiger partial charge < -0.3 is 14.2 Å². The topological polar surface area (TPSA) is 40.9 Å². The average molecular weight is 357 g/mol. The molecule has 1 amide bonds. The number of amides is 1. The van der Waals surface area contributed by atoms with E-state index in [0.717, 1.165) is 17.9 Å². The molecule has 25 heavy (non-hydrogen) atoms. The highest BCUT2D eigenvalue weighted by atomic mass is 35.5. The Labute approximate surface area is 152 Å². The smallest absolute Gasteiger partial charge is 0.253 e. The molecular formula is C19H21ClN4O. The molecule has 0 saturated heterocycles. The molecular weight excluding hydrogens is 336 g/mol. The van der Waals surface area contributed by atoms with Crippen LogP contribution in [0.2, 0.25) is 5.02 Å². The van der Waals surface area contributed by atoms with Crippen molar-refractivity contribution >= 4 is 23.2 Å². The van der Waals surface area contributed by atoms with Crippen LogP contribution < -0.4 is 0 Å². The maximum absolute atomic E-state index is 12.7. The first-order valence-corrected chi connectivity index (χ1v) is 8.42. The highest BCUT2D eigenvalue weighted by Gasteiger charge is 2.14. The van der Waals surface area contributed by atoms with Gasteiger partial charge in [-0.1, -0.05) is 23.7 Å². The Balaban J connectivity index is 1.74. The second kappa shape index (κ2) is 7.25. The van der Waals surface area contributed by atoms with E-state index in [1.165, 1.54) is 5.56 Å². The highest BCUT2D eigenvalue weighted by molar-refractivity contribution is 6.30. The van der Waals surface area contributed by atoms with Crippen molar-refractivity contribution in [3.8, 4) is 0 Å². The third kappa shape index (κ3) is 4.00. The van der Waals surface area contributed by atoms with Crippen molar-refractivity contribution in [1.29, 1.82) is 0 Å². The minimum Gasteiger partial charge on any atom is -0.336 e. The van der Waals surface area contributed by atoms with Crippen LogP contribution in [0.25, 0.3) is 5.65 Å². The van der Waals surface area contributed by atoms with E-state index in [4.69, 9.17) is 11.6 Å². The van der Waals surface area contributed by atoms with E-state index >= 15 is 0 Å². The summed E-state index contributed by atoms with van der Waals surface area (Å²) >= 11 is 6.06. The molecule has 0 radical (unpaired) electrons. The summed E-state index contributed by atoms with van der Waals surface area (Å²) in [5, 5.41) is 0.636. The van der Waals surface area contributed by atoms with Crippen LogP contribution in [0.1, 0.15) is 21.6 Å². The average Bonchev–Trinajstić information content (AvgIpc) is 2.96. The molecule has 0 spiro atoms. The van der Waals surface area contributed by atoms with E-state index in [9.17, 15) is 4.79 Å². The van der Waals surface area contributed by atoms with Gasteiger partial charge >= 0.3 is 0 Å². The molecule has 0 fully saturated rings. The van der Waals surface area contributed by atoms with Crippen molar-refractivity contribution in [2.45, 2.75) is 13.1 Å². The van der Waals surface area contributed by atoms with Crippen molar-refractivity contribution in [2.24, 2.45) is 0 Å². The van der Waals surface area contributed by atoms with E-state index in [-0.39, 0.29) is 5.91 Å². The van der Waals surface area contributed by atoms with Crippen molar-refractivity contribution < 1.29 is 4.79 Å². The van der Waals surface area contributed by atoms with E-state index in [0.29, 0.717) is 17.1 Å². The van der Waals surface area contributed by atoms with Crippen LogP contribution >= 0.6 is 11.6 Å². The largest absolute Gasteiger partial charge is 0.336 e. The predicted octanol–water partition coefficient (Wildman–Crippen LogP) is 3.32. The third-order valence-corrected chi connectivity index (χ3v) is 4.22. The molecule has 130 valence electrons. The number of benzene rings is 1. The summed E-state index contributed by atoms with van der Waals surface area (Å²) in [4.78, 5) is 20.8. The lowest BCUT2D eigenvalue weighted by molar-refractivity contribution is 0.0783. The standard InChI is InChI=1S/C19H21ClN4O/c1-22(2)11-14-4-6-15(7-5-14)19(25)23(3)13-17-10-21-18-9-8-16(20)12-24(17)18/h4-10,12H,11,13H2,1-3H3. The molecule has 1 aromatic carbocycles. The van der Waals surface area contributed by atoms with Gasteiger partial charge in [-0.05, 0) is 43.9 Å². The van der Waals surface area contributed by atoms with E-state index in [1.54, 1.807) is 24.2 Å². The minimum atomic E-state index is -0.0200. The Kier molecular flexibility index (Phi) is 5.06. The number of aromatic nitrogens is 2. The van der Waals surface area contributed by atoms with E-state index in [1.807, 2.05) is 55.0 Å². The summed E-state index contributed by atoms with van der Waals surface area (Å²) in [6.45, 7) is 1.31. The fourth-order valence-electron chi connectivity index (χ4n) is 2.78. The van der Waals surface area contributed by atoms with E-state index < -0.39 is 0 Å². The van der Waals surface area contributed by atoms with Crippen LogP contribution in [0, 0.1) is 0 Å². The molecule has 0 aliphatic rings. The van der Waals surface area contributed by atoms with Crippen LogP contribution in [-0.4, -0.2) is 46.2 Å². The fraction of sp³-hybridized carbons (Fsp3) is 0.263. The lowest BCUT2D eigenvalue weighted by atomic mass is 10.1. The van der Waals surface area contributed by atoms with Gasteiger partial charge in [0.15, 0.2) is 0 Å². The van der Waals surface area contributed by atoms with Gasteiger partial charge in [0.05, 0.1) is 23.5 Å². The summed E-state index contributed by atoms with van der Waals surface area (Å²) in [5.41, 5.74) is 3.59. The zero-order chi connectivity index (χ0) is 18.0. The maximum atomic E-state index is 12.7. The summed E-state index contributed by atoms with van der Waals surface area (Å²) in [7, 11) is 5.84. The van der Waals surface area contributed by atoms with Crippen molar-refractivity contribution in [1.82, 2.24) is 19.2 Å². The molecule has 0 bridgehead atoms. The maximum Gasteiger partial charge on any atom is 0.253 e. The lowest BCUT2D eigenvalue weighted by Crippen LogP contribution is -2.26. The summed E-state index contributed by atoms with van der Waals surface area (Å²) < 4.78 is 1.91. The van der Waals surface area contributed by atoms with Gasteiger partial charge in [0.25, 0.3) is 5.91 Å². The van der Waals surface area contributed by atoms with Gasteiger partial charge in [-0.25, -0.2) is 4.98 Å². The Morgan fingerprint density at radius 3 is 2.48 bits per heavy atom. The van der Waals surface area contributed by atoms with Gasteiger partial charge in [-0.3, -0.25) is 4.79 Å². The molecule has 2 heterocycles. The van der Waals surface area contributed by atoms with Crippen molar-refractivity contribution in [3.05, 3.63) is 70.6 Å². The molecule has 6 heteroatoms. The van der Waals surface area contributed by atoms with Crippen LogP contribution in [0.4, 0.5) is 0 Å². The number of fused-ring (bicyclic) bond motifs is 1. The second-order valence-electron chi connectivity index (χ2n) is 6.42. The van der Waals surface area contributed by atoms with Crippen LogP contribution in [-0.2, 0) is 13.1 Å². The lowest BCUT2D eigenvalue weighted by Gasteiger charge is -2.17. The van der Waals surface area contributed by atoms with Crippen molar-refractivity contribution in [2.75, 3.05) is 21.1 Å². The predicted molar refractivity (Wildman–Crippen MR) is 99.8 cm³/mol. The fourth-order valence-corrected chi connectivity index (χ4v) is 2.94. The molecule has 5 nitrogen and oxygen atoms in total. The zero-order valence-corrected chi connectivity index (χ0v) is 15.4. The first-order valence-electron chi connectivity index (χ1n) is 8.04. The third-order valence-electron chi connectivity index (χ3n) is 3.99. The molecule has 0 saturated carbocycles. The van der Waals surface area contributed by atoms with E-state index in [2.05, 4.69) is 9.88 Å². The molecule has 0 aliphatic carbocycles. The molecule has 3 aromatic rings. The molecule has 0 unspecified atom stereocenters. The van der Waals surface area contributed by atoms with Gasteiger partial charge in [0.1, 0.15) is 5.65 Å². The van der Waals surface area contributed by atoms with Crippen LogP contribution in [0.3, 0.4) is 0 Å². The minimum absolute atomic E-state index is 0.0200. The van der Waals surface area contributed by atoms with Gasteiger partial charge in [-0.15, -0.1) is 0 Å². The molecule has 0 atom stereocenters. The van der Waals surface area contributed by atoms with Gasteiger partial charge in [-0.2, -0.15) is 0 Å². The molecule has 2 aromatic heterocycles. The van der Waals surface area contributed by atoms with Gasteiger partial charge in [0, 0.05) is 25.4 Å². The summed E-state index contributed by atoms with van der Waals surface area (Å²) in [6.07, 6.45) is 3.59. The Bertz CT molecular complexity index is 886. The van der Waals surface area contributed by atoms with Crippen molar-refractivity contribution in [3.63, 3.8) is 0 Å². The second-order valence-corrected chi connectivity index (χ2v) is 6.86. The summed E-state index contributed by atoms with van der Waals surface area (Å²) in [6, 6.07) is 11.4. The normalized spacial score (nSPS) is 11.2. The number of carbonyl (C=O) groups is 1. The number of pyridine rings is 1. The highest BCUT2D eigenvalue weighted by Crippen LogP contribution is 2.15. The summed E-state index contributed by atoms with van der Waals surface area (Å²) in [5.74, 6) is -0.0200. The molecule has 3 rings (SSSR count). The SMILES string of the molecule is CN(C)Cc1ccc(C(=O)N(C)Cc2cnc3ccc(Cl)cn23)cc1. The number of hydrogen-bond acceptors (Lipinski definition) is 3. The number of hydrogen-bond donors (Lipinski definition) is 0. The first-order chi connectivity index (χ1) is 11.9. The Morgan fingerprint density at radius 2 is 1.80 bits per heavy atom.